The number of methoxy groups -OCH3 is 2. The van der Waals surface area contributed by atoms with E-state index in [4.69, 9.17) is 14.7 Å². The highest BCUT2D eigenvalue weighted by atomic mass is 16.5. The van der Waals surface area contributed by atoms with Crippen LogP contribution in [-0.2, 0) is 11.2 Å². The van der Waals surface area contributed by atoms with E-state index in [9.17, 15) is 4.79 Å². The Morgan fingerprint density at radius 2 is 2.00 bits per heavy atom. The number of hydrogen-bond acceptors (Lipinski definition) is 4. The van der Waals surface area contributed by atoms with Crippen molar-refractivity contribution >= 4 is 5.91 Å². The average Bonchev–Trinajstić information content (AvgIpc) is 2.38. The number of hydrogen-bond donors (Lipinski definition) is 0. The van der Waals surface area contributed by atoms with Crippen LogP contribution in [0.25, 0.3) is 0 Å². The molecule has 0 unspecified atom stereocenters. The van der Waals surface area contributed by atoms with Crippen molar-refractivity contribution in [3.8, 4) is 17.6 Å². The molecule has 0 bridgehead atoms. The highest BCUT2D eigenvalue weighted by Crippen LogP contribution is 2.27. The van der Waals surface area contributed by atoms with Crippen molar-refractivity contribution in [1.82, 2.24) is 4.90 Å². The van der Waals surface area contributed by atoms with Gasteiger partial charge in [0.1, 0.15) is 6.54 Å². The molecule has 5 heteroatoms. The Kier molecular flexibility index (Phi) is 5.00. The van der Waals surface area contributed by atoms with Crippen LogP contribution < -0.4 is 9.47 Å². The minimum Gasteiger partial charge on any atom is -0.493 e. The predicted molar refractivity (Wildman–Crippen MR) is 66.5 cm³/mol. The molecule has 0 N–H and O–H groups in total. The van der Waals surface area contributed by atoms with Crippen LogP contribution in [-0.4, -0.2) is 38.6 Å². The zero-order valence-electron chi connectivity index (χ0n) is 10.8. The molecule has 1 amide bonds. The molecule has 0 aliphatic rings. The lowest BCUT2D eigenvalue weighted by Crippen LogP contribution is -2.28. The third kappa shape index (κ3) is 3.39. The van der Waals surface area contributed by atoms with Gasteiger partial charge in [0, 0.05) is 7.05 Å². The maximum absolute atomic E-state index is 11.8. The van der Waals surface area contributed by atoms with E-state index >= 15 is 0 Å². The van der Waals surface area contributed by atoms with E-state index in [1.807, 2.05) is 6.07 Å². The number of amides is 1. The Hall–Kier alpha value is -2.22. The van der Waals surface area contributed by atoms with Gasteiger partial charge in [-0.3, -0.25) is 4.79 Å². The first-order valence-corrected chi connectivity index (χ1v) is 5.44. The summed E-state index contributed by atoms with van der Waals surface area (Å²) in [6, 6.07) is 7.26. The van der Waals surface area contributed by atoms with Gasteiger partial charge in [0.15, 0.2) is 11.5 Å². The molecule has 0 saturated heterocycles. The van der Waals surface area contributed by atoms with Crippen LogP contribution in [0.1, 0.15) is 5.56 Å². The van der Waals surface area contributed by atoms with Crippen LogP contribution >= 0.6 is 0 Å². The summed E-state index contributed by atoms with van der Waals surface area (Å²) in [4.78, 5) is 13.1. The van der Waals surface area contributed by atoms with Crippen LogP contribution in [0.15, 0.2) is 18.2 Å². The summed E-state index contributed by atoms with van der Waals surface area (Å²) in [5.41, 5.74) is 0.822. The highest BCUT2D eigenvalue weighted by molar-refractivity contribution is 5.79. The Bertz CT molecular complexity index is 466. The van der Waals surface area contributed by atoms with Crippen molar-refractivity contribution in [3.63, 3.8) is 0 Å². The molecule has 1 aromatic carbocycles. The summed E-state index contributed by atoms with van der Waals surface area (Å²) < 4.78 is 10.3. The number of carbonyl (C=O) groups excluding carboxylic acids is 1. The van der Waals surface area contributed by atoms with E-state index in [0.29, 0.717) is 11.5 Å². The molecule has 18 heavy (non-hydrogen) atoms. The molecule has 0 aliphatic heterocycles. The third-order valence-corrected chi connectivity index (χ3v) is 2.54. The quantitative estimate of drug-likeness (QED) is 0.735. The van der Waals surface area contributed by atoms with E-state index in [1.54, 1.807) is 39.5 Å². The summed E-state index contributed by atoms with van der Waals surface area (Å²) in [5.74, 6) is 1.11. The maximum Gasteiger partial charge on any atom is 0.227 e. The minimum absolute atomic E-state index is 0.0894. The molecule has 0 aromatic heterocycles. The van der Waals surface area contributed by atoms with Crippen molar-refractivity contribution in [1.29, 1.82) is 5.26 Å². The standard InChI is InChI=1S/C13H16N2O3/c1-15(7-6-14)13(16)9-10-4-5-11(17-2)12(8-10)18-3/h4-5,8H,7,9H2,1-3H3. The van der Waals surface area contributed by atoms with Crippen LogP contribution in [0, 0.1) is 11.3 Å². The lowest BCUT2D eigenvalue weighted by atomic mass is 10.1. The first kappa shape index (κ1) is 13.8. The fraction of sp³-hybridized carbons (Fsp3) is 0.385. The molecule has 1 aromatic rings. The number of likely N-dealkylation sites (N-methyl/N-ethyl adjacent to an activating group) is 1. The largest absolute Gasteiger partial charge is 0.493 e. The third-order valence-electron chi connectivity index (χ3n) is 2.54. The van der Waals surface area contributed by atoms with E-state index < -0.39 is 0 Å². The zero-order valence-corrected chi connectivity index (χ0v) is 10.8. The molecule has 0 spiro atoms. The topological polar surface area (TPSA) is 62.6 Å². The summed E-state index contributed by atoms with van der Waals surface area (Å²) in [6.07, 6.45) is 0.235. The van der Waals surface area contributed by atoms with Gasteiger partial charge >= 0.3 is 0 Å². The fourth-order valence-corrected chi connectivity index (χ4v) is 1.49. The van der Waals surface area contributed by atoms with Crippen LogP contribution in [0.4, 0.5) is 0 Å². The van der Waals surface area contributed by atoms with Crippen molar-refractivity contribution in [2.75, 3.05) is 27.8 Å². The average molecular weight is 248 g/mol. The number of benzene rings is 1. The molecule has 0 aliphatic carbocycles. The Balaban J connectivity index is 2.80. The van der Waals surface area contributed by atoms with E-state index in [0.717, 1.165) is 5.56 Å². The molecule has 0 radical (unpaired) electrons. The minimum atomic E-state index is -0.108. The Labute approximate surface area is 107 Å². The molecule has 1 rings (SSSR count). The fourth-order valence-electron chi connectivity index (χ4n) is 1.49. The highest BCUT2D eigenvalue weighted by Gasteiger charge is 2.11. The lowest BCUT2D eigenvalue weighted by molar-refractivity contribution is -0.128. The summed E-state index contributed by atoms with van der Waals surface area (Å²) in [6.45, 7) is 0.0894. The van der Waals surface area contributed by atoms with Crippen molar-refractivity contribution in [3.05, 3.63) is 23.8 Å². The molecule has 5 nitrogen and oxygen atoms in total. The molecule has 0 atom stereocenters. The Morgan fingerprint density at radius 3 is 2.56 bits per heavy atom. The lowest BCUT2D eigenvalue weighted by Gasteiger charge is -2.14. The predicted octanol–water partition coefficient (Wildman–Crippen LogP) is 1.23. The first-order valence-electron chi connectivity index (χ1n) is 5.44. The normalized spacial score (nSPS) is 9.44. The molecule has 0 saturated carbocycles. The van der Waals surface area contributed by atoms with Crippen LogP contribution in [0.2, 0.25) is 0 Å². The number of nitriles is 1. The van der Waals surface area contributed by atoms with Gasteiger partial charge in [-0.15, -0.1) is 0 Å². The SMILES string of the molecule is COc1ccc(CC(=O)N(C)CC#N)cc1OC. The second kappa shape index (κ2) is 6.50. The summed E-state index contributed by atoms with van der Waals surface area (Å²) in [5, 5.41) is 8.52. The summed E-state index contributed by atoms with van der Waals surface area (Å²) in [7, 11) is 4.71. The smallest absolute Gasteiger partial charge is 0.227 e. The van der Waals surface area contributed by atoms with Crippen molar-refractivity contribution in [2.45, 2.75) is 6.42 Å². The second-order valence-corrected chi connectivity index (χ2v) is 3.77. The summed E-state index contributed by atoms with van der Waals surface area (Å²) >= 11 is 0. The Morgan fingerprint density at radius 1 is 1.33 bits per heavy atom. The first-order chi connectivity index (χ1) is 8.62. The van der Waals surface area contributed by atoms with Crippen molar-refractivity contribution < 1.29 is 14.3 Å². The van der Waals surface area contributed by atoms with E-state index in [2.05, 4.69) is 0 Å². The van der Waals surface area contributed by atoms with E-state index in [1.165, 1.54) is 4.90 Å². The van der Waals surface area contributed by atoms with Gasteiger partial charge in [0.2, 0.25) is 5.91 Å². The second-order valence-electron chi connectivity index (χ2n) is 3.77. The van der Waals surface area contributed by atoms with Crippen LogP contribution in [0.3, 0.4) is 0 Å². The number of ether oxygens (including phenoxy) is 2. The van der Waals surface area contributed by atoms with Crippen LogP contribution in [0.5, 0.6) is 11.5 Å². The van der Waals surface area contributed by atoms with Gasteiger partial charge in [-0.05, 0) is 17.7 Å². The van der Waals surface area contributed by atoms with Gasteiger partial charge in [-0.2, -0.15) is 5.26 Å². The van der Waals surface area contributed by atoms with Gasteiger partial charge in [0.05, 0.1) is 26.7 Å². The molecule has 96 valence electrons. The van der Waals surface area contributed by atoms with Gasteiger partial charge in [-0.25, -0.2) is 0 Å². The number of nitrogens with zero attached hydrogens (tertiary/aromatic N) is 2. The molecular weight excluding hydrogens is 232 g/mol. The van der Waals surface area contributed by atoms with Crippen molar-refractivity contribution in [2.24, 2.45) is 0 Å². The molecular formula is C13H16N2O3. The van der Waals surface area contributed by atoms with Gasteiger partial charge in [0.25, 0.3) is 0 Å². The van der Waals surface area contributed by atoms with Gasteiger partial charge in [-0.1, -0.05) is 6.07 Å². The molecule has 0 fully saturated rings. The van der Waals surface area contributed by atoms with E-state index in [-0.39, 0.29) is 18.9 Å². The number of carbonyl (C=O) groups is 1. The maximum atomic E-state index is 11.8. The monoisotopic (exact) mass is 248 g/mol. The number of rotatable bonds is 5. The zero-order chi connectivity index (χ0) is 13.5. The van der Waals surface area contributed by atoms with Gasteiger partial charge < -0.3 is 14.4 Å². The molecule has 0 heterocycles.